The van der Waals surface area contributed by atoms with E-state index in [-0.39, 0.29) is 18.4 Å². The molecule has 0 saturated carbocycles. The van der Waals surface area contributed by atoms with Crippen molar-refractivity contribution >= 4 is 35.0 Å². The fraction of sp³-hybridized carbons (Fsp3) is 0.158. The van der Waals surface area contributed by atoms with E-state index < -0.39 is 0 Å². The SMILES string of the molecule is Cn1cnnc1-c1cccc(NC(=O)CN2C(=O)CSc3ccccc32)c1. The first kappa shape index (κ1) is 17.3. The number of nitrogens with zero attached hydrogens (tertiary/aromatic N) is 4. The zero-order valence-corrected chi connectivity index (χ0v) is 15.4. The zero-order valence-electron chi connectivity index (χ0n) is 14.6. The van der Waals surface area contributed by atoms with Crippen LogP contribution in [0, 0.1) is 0 Å². The molecule has 1 aliphatic heterocycles. The Hall–Kier alpha value is -3.13. The van der Waals surface area contributed by atoms with Gasteiger partial charge in [0.05, 0.1) is 11.4 Å². The van der Waals surface area contributed by atoms with Gasteiger partial charge in [-0.2, -0.15) is 0 Å². The van der Waals surface area contributed by atoms with Crippen molar-refractivity contribution in [3.8, 4) is 11.4 Å². The summed E-state index contributed by atoms with van der Waals surface area (Å²) in [7, 11) is 1.86. The van der Waals surface area contributed by atoms with Crippen LogP contribution >= 0.6 is 11.8 Å². The summed E-state index contributed by atoms with van der Waals surface area (Å²) in [4.78, 5) is 27.4. The first-order valence-electron chi connectivity index (χ1n) is 8.38. The van der Waals surface area contributed by atoms with Crippen LogP contribution in [0.25, 0.3) is 11.4 Å². The number of para-hydroxylation sites is 1. The van der Waals surface area contributed by atoms with E-state index in [4.69, 9.17) is 0 Å². The van der Waals surface area contributed by atoms with E-state index >= 15 is 0 Å². The maximum absolute atomic E-state index is 12.6. The maximum Gasteiger partial charge on any atom is 0.244 e. The van der Waals surface area contributed by atoms with Crippen molar-refractivity contribution in [2.75, 3.05) is 22.5 Å². The predicted molar refractivity (Wildman–Crippen MR) is 105 cm³/mol. The van der Waals surface area contributed by atoms with E-state index in [0.717, 1.165) is 16.1 Å². The number of carbonyl (C=O) groups is 2. The maximum atomic E-state index is 12.6. The second-order valence-electron chi connectivity index (χ2n) is 6.13. The highest BCUT2D eigenvalue weighted by atomic mass is 32.2. The summed E-state index contributed by atoms with van der Waals surface area (Å²) < 4.78 is 1.81. The van der Waals surface area contributed by atoms with Crippen molar-refractivity contribution in [1.29, 1.82) is 0 Å². The van der Waals surface area contributed by atoms with Gasteiger partial charge in [-0.15, -0.1) is 22.0 Å². The largest absolute Gasteiger partial charge is 0.325 e. The number of benzene rings is 2. The lowest BCUT2D eigenvalue weighted by atomic mass is 10.2. The Bertz CT molecular complexity index is 1020. The number of hydrogen-bond donors (Lipinski definition) is 1. The molecule has 7 nitrogen and oxygen atoms in total. The van der Waals surface area contributed by atoms with Gasteiger partial charge in [0.2, 0.25) is 11.8 Å². The summed E-state index contributed by atoms with van der Waals surface area (Å²) in [5, 5.41) is 10.8. The normalized spacial score (nSPS) is 13.4. The predicted octanol–water partition coefficient (Wildman–Crippen LogP) is 2.56. The van der Waals surface area contributed by atoms with Crippen LogP contribution in [0.1, 0.15) is 0 Å². The van der Waals surface area contributed by atoms with Crippen LogP contribution in [-0.4, -0.2) is 38.9 Å². The van der Waals surface area contributed by atoms with Gasteiger partial charge in [0.25, 0.3) is 0 Å². The number of aromatic nitrogens is 3. The van der Waals surface area contributed by atoms with Crippen molar-refractivity contribution < 1.29 is 9.59 Å². The van der Waals surface area contributed by atoms with Gasteiger partial charge in [-0.1, -0.05) is 24.3 Å². The fourth-order valence-electron chi connectivity index (χ4n) is 2.95. The highest BCUT2D eigenvalue weighted by molar-refractivity contribution is 8.00. The highest BCUT2D eigenvalue weighted by Gasteiger charge is 2.26. The highest BCUT2D eigenvalue weighted by Crippen LogP contribution is 2.34. The molecule has 1 aliphatic rings. The molecule has 0 radical (unpaired) electrons. The molecule has 0 spiro atoms. The Labute approximate surface area is 160 Å². The average molecular weight is 379 g/mol. The molecule has 8 heteroatoms. The summed E-state index contributed by atoms with van der Waals surface area (Å²) in [6.45, 7) is -0.0232. The Morgan fingerprint density at radius 2 is 2.07 bits per heavy atom. The molecule has 0 aliphatic carbocycles. The molecule has 2 amide bonds. The molecule has 136 valence electrons. The van der Waals surface area contributed by atoms with E-state index in [0.29, 0.717) is 17.3 Å². The van der Waals surface area contributed by atoms with Gasteiger partial charge in [0, 0.05) is 23.2 Å². The third-order valence-corrected chi connectivity index (χ3v) is 5.27. The first-order valence-corrected chi connectivity index (χ1v) is 9.37. The van der Waals surface area contributed by atoms with Crippen LogP contribution in [0.15, 0.2) is 59.8 Å². The average Bonchev–Trinajstić information content (AvgIpc) is 3.10. The third kappa shape index (κ3) is 3.56. The molecule has 0 bridgehead atoms. The second kappa shape index (κ2) is 7.24. The van der Waals surface area contributed by atoms with E-state index in [1.165, 1.54) is 16.7 Å². The minimum atomic E-state index is -0.250. The molecule has 0 fully saturated rings. The lowest BCUT2D eigenvalue weighted by molar-refractivity contribution is -0.120. The molecule has 1 N–H and O–H groups in total. The Balaban J connectivity index is 1.51. The van der Waals surface area contributed by atoms with Gasteiger partial charge in [0.15, 0.2) is 5.82 Å². The minimum absolute atomic E-state index is 0.0232. The van der Waals surface area contributed by atoms with Gasteiger partial charge in [-0.25, -0.2) is 0 Å². The number of rotatable bonds is 4. The molecule has 0 atom stereocenters. The monoisotopic (exact) mass is 379 g/mol. The summed E-state index contributed by atoms with van der Waals surface area (Å²) in [6.07, 6.45) is 1.62. The van der Waals surface area contributed by atoms with Crippen molar-refractivity contribution in [3.05, 3.63) is 54.9 Å². The van der Waals surface area contributed by atoms with Crippen molar-refractivity contribution in [1.82, 2.24) is 14.8 Å². The summed E-state index contributed by atoms with van der Waals surface area (Å²) in [5.74, 6) is 0.733. The molecule has 2 heterocycles. The minimum Gasteiger partial charge on any atom is -0.325 e. The molecule has 4 rings (SSSR count). The molecule has 2 aromatic carbocycles. The number of anilines is 2. The number of hydrogen-bond acceptors (Lipinski definition) is 5. The van der Waals surface area contributed by atoms with Gasteiger partial charge in [0.1, 0.15) is 12.9 Å². The molecule has 0 saturated heterocycles. The van der Waals surface area contributed by atoms with Crippen LogP contribution in [0.4, 0.5) is 11.4 Å². The van der Waals surface area contributed by atoms with E-state index in [9.17, 15) is 9.59 Å². The van der Waals surface area contributed by atoms with Crippen LogP contribution in [-0.2, 0) is 16.6 Å². The number of carbonyl (C=O) groups excluding carboxylic acids is 2. The third-order valence-electron chi connectivity index (χ3n) is 4.23. The van der Waals surface area contributed by atoms with Gasteiger partial charge in [-0.05, 0) is 24.3 Å². The Morgan fingerprint density at radius 1 is 1.22 bits per heavy atom. The molecule has 0 unspecified atom stereocenters. The van der Waals surface area contributed by atoms with Crippen molar-refractivity contribution in [3.63, 3.8) is 0 Å². The Kier molecular flexibility index (Phi) is 4.64. The first-order chi connectivity index (χ1) is 13.1. The topological polar surface area (TPSA) is 80.1 Å². The van der Waals surface area contributed by atoms with E-state index in [2.05, 4.69) is 15.5 Å². The van der Waals surface area contributed by atoms with Gasteiger partial charge in [-0.3, -0.25) is 9.59 Å². The number of amides is 2. The Morgan fingerprint density at radius 3 is 2.89 bits per heavy atom. The van der Waals surface area contributed by atoms with Crippen LogP contribution < -0.4 is 10.2 Å². The van der Waals surface area contributed by atoms with Crippen molar-refractivity contribution in [2.45, 2.75) is 4.90 Å². The van der Waals surface area contributed by atoms with E-state index in [1.54, 1.807) is 12.4 Å². The standard InChI is InChI=1S/C19H17N5O2S/c1-23-12-20-22-19(23)13-5-4-6-14(9-13)21-17(25)10-24-15-7-2-3-8-16(15)27-11-18(24)26/h2-9,12H,10-11H2,1H3,(H,21,25). The zero-order chi connectivity index (χ0) is 18.8. The quantitative estimate of drug-likeness (QED) is 0.754. The second-order valence-corrected chi connectivity index (χ2v) is 7.15. The van der Waals surface area contributed by atoms with Crippen molar-refractivity contribution in [2.24, 2.45) is 7.05 Å². The molecule has 27 heavy (non-hydrogen) atoms. The van der Waals surface area contributed by atoms with E-state index in [1.807, 2.05) is 54.1 Å². The smallest absolute Gasteiger partial charge is 0.244 e. The summed E-state index contributed by atoms with van der Waals surface area (Å²) >= 11 is 1.50. The summed E-state index contributed by atoms with van der Waals surface area (Å²) in [5.41, 5.74) is 2.28. The van der Waals surface area contributed by atoms with Gasteiger partial charge >= 0.3 is 0 Å². The number of thioether (sulfide) groups is 1. The number of aryl methyl sites for hydroxylation is 1. The summed E-state index contributed by atoms with van der Waals surface area (Å²) in [6, 6.07) is 15.0. The van der Waals surface area contributed by atoms with Gasteiger partial charge < -0.3 is 14.8 Å². The number of nitrogens with one attached hydrogen (secondary N) is 1. The molecular formula is C19H17N5O2S. The fourth-order valence-corrected chi connectivity index (χ4v) is 3.89. The van der Waals surface area contributed by atoms with Crippen LogP contribution in [0.2, 0.25) is 0 Å². The van der Waals surface area contributed by atoms with Crippen LogP contribution in [0.5, 0.6) is 0 Å². The molecule has 1 aromatic heterocycles. The number of fused-ring (bicyclic) bond motifs is 1. The molecular weight excluding hydrogens is 362 g/mol. The lowest BCUT2D eigenvalue weighted by Gasteiger charge is -2.28. The molecule has 3 aromatic rings. The lowest BCUT2D eigenvalue weighted by Crippen LogP contribution is -2.41. The van der Waals surface area contributed by atoms with Crippen LogP contribution in [0.3, 0.4) is 0 Å².